The minimum absolute atomic E-state index is 0.273. The number of carbonyl (C=O) groups excluding carboxylic acids is 1. The van der Waals surface area contributed by atoms with Crippen LogP contribution in [0.25, 0.3) is 0 Å². The first-order valence-electron chi connectivity index (χ1n) is 5.93. The molecule has 0 atom stereocenters. The highest BCUT2D eigenvalue weighted by molar-refractivity contribution is 7.98. The van der Waals surface area contributed by atoms with E-state index < -0.39 is 0 Å². The molecule has 0 bridgehead atoms. The van der Waals surface area contributed by atoms with Crippen LogP contribution in [0.4, 0.5) is 0 Å². The van der Waals surface area contributed by atoms with Gasteiger partial charge in [-0.25, -0.2) is 0 Å². The summed E-state index contributed by atoms with van der Waals surface area (Å²) in [5.74, 6) is 1.95. The second-order valence-electron chi connectivity index (χ2n) is 4.42. The number of thioether (sulfide) groups is 1. The Balaban J connectivity index is 1.98. The number of hydrogen-bond donors (Lipinski definition) is 0. The molecule has 0 spiro atoms. The normalized spacial score (nSPS) is 15.8. The third kappa shape index (κ3) is 2.67. The molecule has 1 aliphatic rings. The predicted octanol–water partition coefficient (Wildman–Crippen LogP) is 3.89. The second kappa shape index (κ2) is 5.53. The molecule has 2 rings (SSSR count). The second-order valence-corrected chi connectivity index (χ2v) is 5.40. The van der Waals surface area contributed by atoms with Crippen molar-refractivity contribution < 1.29 is 4.79 Å². The van der Waals surface area contributed by atoms with E-state index in [1.807, 2.05) is 18.4 Å². The molecular formula is C14H18OS. The van der Waals surface area contributed by atoms with Gasteiger partial charge in [-0.05, 0) is 30.6 Å². The van der Waals surface area contributed by atoms with E-state index in [2.05, 4.69) is 12.1 Å². The van der Waals surface area contributed by atoms with Crippen LogP contribution in [0.3, 0.4) is 0 Å². The molecule has 1 nitrogen and oxygen atoms in total. The Bertz CT molecular complexity index is 352. The Kier molecular flexibility index (Phi) is 4.05. The van der Waals surface area contributed by atoms with E-state index >= 15 is 0 Å². The van der Waals surface area contributed by atoms with Gasteiger partial charge < -0.3 is 0 Å². The van der Waals surface area contributed by atoms with E-state index in [1.54, 1.807) is 11.8 Å². The molecule has 1 aliphatic carbocycles. The van der Waals surface area contributed by atoms with Gasteiger partial charge in [0.25, 0.3) is 0 Å². The van der Waals surface area contributed by atoms with Crippen molar-refractivity contribution in [3.8, 4) is 0 Å². The Morgan fingerprint density at radius 1 is 1.31 bits per heavy atom. The Morgan fingerprint density at radius 3 is 2.50 bits per heavy atom. The molecular weight excluding hydrogens is 216 g/mol. The van der Waals surface area contributed by atoms with Crippen LogP contribution in [0, 0.1) is 0 Å². The number of rotatable bonds is 5. The summed E-state index contributed by atoms with van der Waals surface area (Å²) < 4.78 is 0. The molecule has 0 aliphatic heterocycles. The highest BCUT2D eigenvalue weighted by Gasteiger charge is 2.19. The van der Waals surface area contributed by atoms with Crippen LogP contribution in [0.15, 0.2) is 24.3 Å². The third-order valence-electron chi connectivity index (χ3n) is 3.34. The first-order chi connectivity index (χ1) is 7.81. The maximum atomic E-state index is 11.8. The van der Waals surface area contributed by atoms with E-state index in [0.717, 1.165) is 17.2 Å². The molecule has 0 saturated heterocycles. The van der Waals surface area contributed by atoms with E-state index in [4.69, 9.17) is 0 Å². The number of carbonyl (C=O) groups is 1. The van der Waals surface area contributed by atoms with Crippen molar-refractivity contribution >= 4 is 17.5 Å². The van der Waals surface area contributed by atoms with Gasteiger partial charge in [-0.15, -0.1) is 0 Å². The molecule has 1 aromatic rings. The number of hydrogen-bond acceptors (Lipinski definition) is 2. The van der Waals surface area contributed by atoms with Crippen molar-refractivity contribution in [2.24, 2.45) is 0 Å². The van der Waals surface area contributed by atoms with Gasteiger partial charge in [0, 0.05) is 17.7 Å². The summed E-state index contributed by atoms with van der Waals surface area (Å²) in [6.07, 6.45) is 6.69. The minimum Gasteiger partial charge on any atom is -0.294 e. The van der Waals surface area contributed by atoms with Crippen molar-refractivity contribution in [2.75, 3.05) is 12.0 Å². The van der Waals surface area contributed by atoms with Crippen LogP contribution in [-0.4, -0.2) is 17.8 Å². The van der Waals surface area contributed by atoms with Gasteiger partial charge in [0.15, 0.2) is 5.78 Å². The first-order valence-corrected chi connectivity index (χ1v) is 7.32. The summed E-state index contributed by atoms with van der Waals surface area (Å²) in [6.45, 7) is 0. The summed E-state index contributed by atoms with van der Waals surface area (Å²) in [4.78, 5) is 11.8. The lowest BCUT2D eigenvalue weighted by Crippen LogP contribution is -2.09. The largest absolute Gasteiger partial charge is 0.294 e. The van der Waals surface area contributed by atoms with Gasteiger partial charge in [0.1, 0.15) is 0 Å². The zero-order valence-corrected chi connectivity index (χ0v) is 10.6. The first kappa shape index (κ1) is 11.7. The number of Topliss-reactive ketones (excluding diaryl/α,β-unsaturated/α-hetero) is 1. The lowest BCUT2D eigenvalue weighted by atomic mass is 9.80. The highest BCUT2D eigenvalue weighted by Crippen LogP contribution is 2.36. The summed E-state index contributed by atoms with van der Waals surface area (Å²) in [6, 6.07) is 8.26. The fraction of sp³-hybridized carbons (Fsp3) is 0.500. The summed E-state index contributed by atoms with van der Waals surface area (Å²) in [5, 5.41) is 0. The average molecular weight is 234 g/mol. The topological polar surface area (TPSA) is 17.1 Å². The third-order valence-corrected chi connectivity index (χ3v) is 3.95. The Morgan fingerprint density at radius 2 is 2.00 bits per heavy atom. The van der Waals surface area contributed by atoms with Gasteiger partial charge in [-0.2, -0.15) is 11.8 Å². The molecule has 16 heavy (non-hydrogen) atoms. The molecule has 1 fully saturated rings. The molecule has 0 N–H and O–H groups in total. The monoisotopic (exact) mass is 234 g/mol. The van der Waals surface area contributed by atoms with Crippen LogP contribution in [0.1, 0.15) is 47.5 Å². The van der Waals surface area contributed by atoms with Gasteiger partial charge in [-0.1, -0.05) is 30.7 Å². The minimum atomic E-state index is 0.273. The number of ketones is 1. The maximum Gasteiger partial charge on any atom is 0.163 e. The standard InChI is InChI=1S/C14H18OS/c1-16-10-9-14(15)13-7-5-12(6-8-13)11-3-2-4-11/h5-8,11H,2-4,9-10H2,1H3. The zero-order chi connectivity index (χ0) is 11.4. The Hall–Kier alpha value is -0.760. The van der Waals surface area contributed by atoms with E-state index in [0.29, 0.717) is 6.42 Å². The zero-order valence-electron chi connectivity index (χ0n) is 9.74. The van der Waals surface area contributed by atoms with Crippen LogP contribution in [0.2, 0.25) is 0 Å². The van der Waals surface area contributed by atoms with Crippen molar-refractivity contribution in [3.63, 3.8) is 0 Å². The molecule has 0 aromatic heterocycles. The van der Waals surface area contributed by atoms with E-state index in [-0.39, 0.29) is 5.78 Å². The average Bonchev–Trinajstić information content (AvgIpc) is 2.24. The lowest BCUT2D eigenvalue weighted by Gasteiger charge is -2.25. The smallest absolute Gasteiger partial charge is 0.163 e. The lowest BCUT2D eigenvalue weighted by molar-refractivity contribution is 0.0989. The van der Waals surface area contributed by atoms with E-state index in [1.165, 1.54) is 24.8 Å². The van der Waals surface area contributed by atoms with Crippen molar-refractivity contribution in [1.29, 1.82) is 0 Å². The molecule has 1 saturated carbocycles. The predicted molar refractivity (Wildman–Crippen MR) is 70.4 cm³/mol. The molecule has 0 unspecified atom stereocenters. The maximum absolute atomic E-state index is 11.8. The quantitative estimate of drug-likeness (QED) is 0.719. The Labute approximate surface area is 102 Å². The van der Waals surface area contributed by atoms with Crippen molar-refractivity contribution in [2.45, 2.75) is 31.6 Å². The van der Waals surface area contributed by atoms with Gasteiger partial charge in [-0.3, -0.25) is 4.79 Å². The molecule has 1 aromatic carbocycles. The van der Waals surface area contributed by atoms with Gasteiger partial charge in [0.05, 0.1) is 0 Å². The number of benzene rings is 1. The highest BCUT2D eigenvalue weighted by atomic mass is 32.2. The summed E-state index contributed by atoms with van der Waals surface area (Å²) in [7, 11) is 0. The fourth-order valence-electron chi connectivity index (χ4n) is 2.02. The molecule has 86 valence electrons. The summed E-state index contributed by atoms with van der Waals surface area (Å²) >= 11 is 1.72. The molecule has 0 amide bonds. The SMILES string of the molecule is CSCCC(=O)c1ccc(C2CCC2)cc1. The van der Waals surface area contributed by atoms with E-state index in [9.17, 15) is 4.79 Å². The molecule has 0 heterocycles. The van der Waals surface area contributed by atoms with Crippen molar-refractivity contribution in [3.05, 3.63) is 35.4 Å². The molecule has 0 radical (unpaired) electrons. The summed E-state index contributed by atoms with van der Waals surface area (Å²) in [5.41, 5.74) is 2.28. The van der Waals surface area contributed by atoms with Crippen LogP contribution < -0.4 is 0 Å². The van der Waals surface area contributed by atoms with Crippen molar-refractivity contribution in [1.82, 2.24) is 0 Å². The molecule has 2 heteroatoms. The van der Waals surface area contributed by atoms with Crippen LogP contribution in [0.5, 0.6) is 0 Å². The fourth-order valence-corrected chi connectivity index (χ4v) is 2.41. The van der Waals surface area contributed by atoms with Crippen LogP contribution in [-0.2, 0) is 0 Å². The van der Waals surface area contributed by atoms with Crippen LogP contribution >= 0.6 is 11.8 Å². The van der Waals surface area contributed by atoms with Gasteiger partial charge in [0.2, 0.25) is 0 Å². The van der Waals surface area contributed by atoms with Gasteiger partial charge >= 0.3 is 0 Å².